The van der Waals surface area contributed by atoms with Crippen LogP contribution in [0.3, 0.4) is 0 Å². The highest BCUT2D eigenvalue weighted by Crippen LogP contribution is 2.35. The minimum absolute atomic E-state index is 0.256. The van der Waals surface area contributed by atoms with E-state index in [2.05, 4.69) is 30.7 Å². The number of nitrogens with zero attached hydrogens (tertiary/aromatic N) is 2. The summed E-state index contributed by atoms with van der Waals surface area (Å²) in [6.07, 6.45) is 7.07. The first-order valence-corrected chi connectivity index (χ1v) is 6.80. The van der Waals surface area contributed by atoms with Crippen molar-refractivity contribution in [2.75, 3.05) is 5.73 Å². The number of rotatable bonds is 3. The number of aromatic nitrogens is 2. The minimum atomic E-state index is 0.256. The maximum atomic E-state index is 6.03. The van der Waals surface area contributed by atoms with Crippen molar-refractivity contribution in [1.82, 2.24) is 9.97 Å². The molecule has 4 heteroatoms. The second kappa shape index (κ2) is 5.55. The molecule has 1 aromatic rings. The number of nitrogens with two attached hydrogens (primary N) is 1. The molecule has 1 aliphatic rings. The zero-order chi connectivity index (χ0) is 13.1. The SMILES string of the molecule is CC1CCC(C(C)C)C(Oc2cnc(N)cn2)C1. The lowest BCUT2D eigenvalue weighted by atomic mass is 9.75. The number of anilines is 1. The molecule has 2 rings (SSSR count). The number of ether oxygens (including phenoxy) is 1. The van der Waals surface area contributed by atoms with Crippen molar-refractivity contribution in [3.05, 3.63) is 12.4 Å². The van der Waals surface area contributed by atoms with Gasteiger partial charge in [-0.1, -0.05) is 27.2 Å². The van der Waals surface area contributed by atoms with Crippen LogP contribution in [-0.4, -0.2) is 16.1 Å². The Kier molecular flexibility index (Phi) is 4.04. The summed E-state index contributed by atoms with van der Waals surface area (Å²) >= 11 is 0. The molecule has 100 valence electrons. The fourth-order valence-electron chi connectivity index (χ4n) is 2.79. The van der Waals surface area contributed by atoms with Crippen LogP contribution in [0.15, 0.2) is 12.4 Å². The van der Waals surface area contributed by atoms with Crippen molar-refractivity contribution in [1.29, 1.82) is 0 Å². The standard InChI is InChI=1S/C14H23N3O/c1-9(2)11-5-4-10(3)6-12(11)18-14-8-16-13(15)7-17-14/h7-12H,4-6H2,1-3H3,(H2,15,16). The lowest BCUT2D eigenvalue weighted by Crippen LogP contribution is -2.36. The highest BCUT2D eigenvalue weighted by atomic mass is 16.5. The van der Waals surface area contributed by atoms with Crippen LogP contribution >= 0.6 is 0 Å². The molecule has 0 radical (unpaired) electrons. The van der Waals surface area contributed by atoms with Gasteiger partial charge in [-0.2, -0.15) is 0 Å². The summed E-state index contributed by atoms with van der Waals surface area (Å²) in [5.74, 6) is 3.00. The van der Waals surface area contributed by atoms with Crippen molar-refractivity contribution >= 4 is 5.82 Å². The Bertz CT molecular complexity index is 377. The Morgan fingerprint density at radius 3 is 2.67 bits per heavy atom. The monoisotopic (exact) mass is 249 g/mol. The van der Waals surface area contributed by atoms with Crippen molar-refractivity contribution in [3.63, 3.8) is 0 Å². The summed E-state index contributed by atoms with van der Waals surface area (Å²) < 4.78 is 6.03. The zero-order valence-corrected chi connectivity index (χ0v) is 11.5. The van der Waals surface area contributed by atoms with Crippen LogP contribution in [0.4, 0.5) is 5.82 Å². The van der Waals surface area contributed by atoms with Gasteiger partial charge in [-0.3, -0.25) is 0 Å². The zero-order valence-electron chi connectivity index (χ0n) is 11.5. The van der Waals surface area contributed by atoms with Crippen LogP contribution < -0.4 is 10.5 Å². The summed E-state index contributed by atoms with van der Waals surface area (Å²) in [5.41, 5.74) is 5.53. The predicted molar refractivity (Wildman–Crippen MR) is 72.2 cm³/mol. The fourth-order valence-corrected chi connectivity index (χ4v) is 2.79. The van der Waals surface area contributed by atoms with Gasteiger partial charge in [-0.05, 0) is 30.6 Å². The summed E-state index contributed by atoms with van der Waals surface area (Å²) in [4.78, 5) is 8.21. The van der Waals surface area contributed by atoms with Gasteiger partial charge in [0.15, 0.2) is 0 Å². The maximum absolute atomic E-state index is 6.03. The topological polar surface area (TPSA) is 61.0 Å². The Labute approximate surface area is 109 Å². The van der Waals surface area contributed by atoms with Gasteiger partial charge in [0.1, 0.15) is 11.9 Å². The Morgan fingerprint density at radius 1 is 1.28 bits per heavy atom. The van der Waals surface area contributed by atoms with Crippen LogP contribution in [0.1, 0.15) is 40.0 Å². The van der Waals surface area contributed by atoms with Crippen molar-refractivity contribution in [2.45, 2.75) is 46.1 Å². The van der Waals surface area contributed by atoms with E-state index in [1.807, 2.05) is 0 Å². The summed E-state index contributed by atoms with van der Waals surface area (Å²) in [5, 5.41) is 0. The number of hydrogen-bond acceptors (Lipinski definition) is 4. The molecular formula is C14H23N3O. The predicted octanol–water partition coefficient (Wildman–Crippen LogP) is 2.90. The van der Waals surface area contributed by atoms with E-state index in [-0.39, 0.29) is 6.10 Å². The average molecular weight is 249 g/mol. The highest BCUT2D eigenvalue weighted by Gasteiger charge is 2.32. The lowest BCUT2D eigenvalue weighted by molar-refractivity contribution is 0.0423. The Balaban J connectivity index is 2.06. The molecule has 2 N–H and O–H groups in total. The molecule has 0 spiro atoms. The van der Waals surface area contributed by atoms with Crippen molar-refractivity contribution < 1.29 is 4.74 Å². The first-order chi connectivity index (χ1) is 8.56. The molecule has 0 amide bonds. The molecule has 1 aromatic heterocycles. The van der Waals surface area contributed by atoms with Gasteiger partial charge in [0.2, 0.25) is 5.88 Å². The van der Waals surface area contributed by atoms with E-state index in [9.17, 15) is 0 Å². The first kappa shape index (κ1) is 13.1. The van der Waals surface area contributed by atoms with E-state index in [1.165, 1.54) is 12.8 Å². The first-order valence-electron chi connectivity index (χ1n) is 6.80. The van der Waals surface area contributed by atoms with Gasteiger partial charge >= 0.3 is 0 Å². The molecule has 1 aliphatic carbocycles. The van der Waals surface area contributed by atoms with E-state index in [1.54, 1.807) is 12.4 Å². The minimum Gasteiger partial charge on any atom is -0.473 e. The normalized spacial score (nSPS) is 28.3. The van der Waals surface area contributed by atoms with Gasteiger partial charge in [0.25, 0.3) is 0 Å². The molecule has 1 heterocycles. The molecule has 1 fully saturated rings. The van der Waals surface area contributed by atoms with Gasteiger partial charge in [-0.15, -0.1) is 0 Å². The molecule has 3 unspecified atom stereocenters. The summed E-state index contributed by atoms with van der Waals surface area (Å²) in [6, 6.07) is 0. The lowest BCUT2D eigenvalue weighted by Gasteiger charge is -2.36. The van der Waals surface area contributed by atoms with E-state index < -0.39 is 0 Å². The largest absolute Gasteiger partial charge is 0.473 e. The van der Waals surface area contributed by atoms with Gasteiger partial charge < -0.3 is 10.5 Å². The molecule has 0 saturated heterocycles. The van der Waals surface area contributed by atoms with Gasteiger partial charge in [0.05, 0.1) is 12.4 Å². The van der Waals surface area contributed by atoms with Crippen LogP contribution in [0.5, 0.6) is 5.88 Å². The second-order valence-electron chi connectivity index (χ2n) is 5.76. The molecule has 18 heavy (non-hydrogen) atoms. The van der Waals surface area contributed by atoms with Gasteiger partial charge in [0, 0.05) is 0 Å². The fraction of sp³-hybridized carbons (Fsp3) is 0.714. The smallest absolute Gasteiger partial charge is 0.232 e. The maximum Gasteiger partial charge on any atom is 0.232 e. The molecule has 0 bridgehead atoms. The Morgan fingerprint density at radius 2 is 2.06 bits per heavy atom. The molecule has 1 saturated carbocycles. The number of nitrogen functional groups attached to an aromatic ring is 1. The van der Waals surface area contributed by atoms with Crippen LogP contribution in [0, 0.1) is 17.8 Å². The molecular weight excluding hydrogens is 226 g/mol. The average Bonchev–Trinajstić information content (AvgIpc) is 2.32. The van der Waals surface area contributed by atoms with Gasteiger partial charge in [-0.25, -0.2) is 9.97 Å². The van der Waals surface area contributed by atoms with Crippen LogP contribution in [-0.2, 0) is 0 Å². The third-order valence-electron chi connectivity index (χ3n) is 3.88. The third kappa shape index (κ3) is 3.12. The molecule has 0 aliphatic heterocycles. The van der Waals surface area contributed by atoms with Crippen LogP contribution in [0.25, 0.3) is 0 Å². The number of hydrogen-bond donors (Lipinski definition) is 1. The molecule has 4 nitrogen and oxygen atoms in total. The summed E-state index contributed by atoms with van der Waals surface area (Å²) in [6.45, 7) is 6.83. The molecule has 3 atom stereocenters. The van der Waals surface area contributed by atoms with Crippen molar-refractivity contribution in [3.8, 4) is 5.88 Å². The van der Waals surface area contributed by atoms with Crippen LogP contribution in [0.2, 0.25) is 0 Å². The van der Waals surface area contributed by atoms with E-state index in [0.717, 1.165) is 12.3 Å². The second-order valence-corrected chi connectivity index (χ2v) is 5.76. The molecule has 0 aromatic carbocycles. The highest BCUT2D eigenvalue weighted by molar-refractivity contribution is 5.24. The van der Waals surface area contributed by atoms with Crippen molar-refractivity contribution in [2.24, 2.45) is 17.8 Å². The Hall–Kier alpha value is -1.32. The van der Waals surface area contributed by atoms with E-state index in [0.29, 0.717) is 23.5 Å². The van der Waals surface area contributed by atoms with E-state index in [4.69, 9.17) is 10.5 Å². The quantitative estimate of drug-likeness (QED) is 0.894. The summed E-state index contributed by atoms with van der Waals surface area (Å²) in [7, 11) is 0. The van der Waals surface area contributed by atoms with E-state index >= 15 is 0 Å². The third-order valence-corrected chi connectivity index (χ3v) is 3.88.